The molecule has 1 aromatic rings. The summed E-state index contributed by atoms with van der Waals surface area (Å²) in [6.45, 7) is 9.72. The van der Waals surface area contributed by atoms with Crippen molar-refractivity contribution >= 4 is 0 Å². The molecule has 5 heteroatoms. The van der Waals surface area contributed by atoms with Gasteiger partial charge in [-0.3, -0.25) is 4.98 Å². The summed E-state index contributed by atoms with van der Waals surface area (Å²) in [5.41, 5.74) is 3.37. The number of hydrogen-bond acceptors (Lipinski definition) is 5. The summed E-state index contributed by atoms with van der Waals surface area (Å²) in [6, 6.07) is 4.27. The maximum Gasteiger partial charge on any atom is 0.104 e. The van der Waals surface area contributed by atoms with Crippen LogP contribution in [0.25, 0.3) is 0 Å². The fourth-order valence-corrected chi connectivity index (χ4v) is 2.62. The summed E-state index contributed by atoms with van der Waals surface area (Å²) in [5.74, 6) is 0.425. The van der Waals surface area contributed by atoms with Gasteiger partial charge in [0.05, 0.1) is 38.2 Å². The van der Waals surface area contributed by atoms with Gasteiger partial charge in [0.15, 0.2) is 0 Å². The molecule has 2 atom stereocenters. The molecule has 2 heterocycles. The summed E-state index contributed by atoms with van der Waals surface area (Å²) in [5, 5.41) is 0. The van der Waals surface area contributed by atoms with Crippen LogP contribution in [-0.4, -0.2) is 56.5 Å². The van der Waals surface area contributed by atoms with Crippen molar-refractivity contribution in [1.29, 1.82) is 0 Å². The molecule has 5 nitrogen and oxygen atoms in total. The van der Waals surface area contributed by atoms with E-state index in [-0.39, 0.29) is 12.2 Å². The molecule has 130 valence electrons. The van der Waals surface area contributed by atoms with Gasteiger partial charge in [0.1, 0.15) is 6.10 Å². The lowest BCUT2D eigenvalue weighted by atomic mass is 10.0. The van der Waals surface area contributed by atoms with E-state index in [9.17, 15) is 0 Å². The number of ether oxygens (including phenoxy) is 3. The molecule has 1 fully saturated rings. The highest BCUT2D eigenvalue weighted by Gasteiger charge is 2.19. The molecular weight excluding hydrogens is 292 g/mol. The van der Waals surface area contributed by atoms with E-state index in [0.717, 1.165) is 23.5 Å². The van der Waals surface area contributed by atoms with Crippen molar-refractivity contribution in [3.05, 3.63) is 29.1 Å². The van der Waals surface area contributed by atoms with Gasteiger partial charge in [-0.2, -0.15) is 0 Å². The Morgan fingerprint density at radius 1 is 1.26 bits per heavy atom. The Morgan fingerprint density at radius 2 is 2.04 bits per heavy atom. The molecule has 0 bridgehead atoms. The van der Waals surface area contributed by atoms with Gasteiger partial charge < -0.3 is 19.1 Å². The number of hydrogen-bond donors (Lipinski definition) is 0. The average Bonchev–Trinajstić information content (AvgIpc) is 2.53. The zero-order valence-corrected chi connectivity index (χ0v) is 15.0. The molecule has 0 radical (unpaired) electrons. The van der Waals surface area contributed by atoms with Gasteiger partial charge in [0.2, 0.25) is 0 Å². The molecule has 1 aliphatic rings. The first-order chi connectivity index (χ1) is 11.0. The van der Waals surface area contributed by atoms with Crippen molar-refractivity contribution in [2.24, 2.45) is 0 Å². The molecule has 23 heavy (non-hydrogen) atoms. The van der Waals surface area contributed by atoms with Gasteiger partial charge >= 0.3 is 0 Å². The molecule has 1 aliphatic heterocycles. The summed E-state index contributed by atoms with van der Waals surface area (Å²) in [7, 11) is 4.12. The Bertz CT molecular complexity index is 485. The minimum absolute atomic E-state index is 0.0100. The van der Waals surface area contributed by atoms with Crippen LogP contribution in [-0.2, 0) is 20.8 Å². The van der Waals surface area contributed by atoms with E-state index >= 15 is 0 Å². The van der Waals surface area contributed by atoms with E-state index in [1.165, 1.54) is 0 Å². The highest BCUT2D eigenvalue weighted by Crippen LogP contribution is 2.24. The van der Waals surface area contributed by atoms with Gasteiger partial charge in [0, 0.05) is 17.8 Å². The Hall–Kier alpha value is -1.01. The van der Waals surface area contributed by atoms with Crippen LogP contribution >= 0.6 is 0 Å². The van der Waals surface area contributed by atoms with E-state index in [1.54, 1.807) is 0 Å². The summed E-state index contributed by atoms with van der Waals surface area (Å²) >= 11 is 0. The number of pyridine rings is 1. The standard InChI is InChI=1S/C18H30N2O3/c1-13(2)17-7-6-16(18(19-17)10-20(4)5)14(3)23-12-15-11-21-8-9-22-15/h6-7,13-15H,8-12H2,1-5H3/t14-,15+/m1/s1. The van der Waals surface area contributed by atoms with Crippen molar-refractivity contribution < 1.29 is 14.2 Å². The van der Waals surface area contributed by atoms with E-state index in [4.69, 9.17) is 19.2 Å². The average molecular weight is 322 g/mol. The molecule has 0 aliphatic carbocycles. The lowest BCUT2D eigenvalue weighted by Gasteiger charge is -2.25. The van der Waals surface area contributed by atoms with Crippen LogP contribution in [0.1, 0.15) is 49.7 Å². The van der Waals surface area contributed by atoms with Crippen molar-refractivity contribution in [2.45, 2.75) is 45.4 Å². The normalized spacial score (nSPS) is 20.2. The third-order valence-electron chi connectivity index (χ3n) is 3.94. The molecule has 0 amide bonds. The second-order valence-electron chi connectivity index (χ2n) is 6.71. The Balaban J connectivity index is 2.06. The molecule has 2 rings (SSSR count). The van der Waals surface area contributed by atoms with Crippen molar-refractivity contribution in [3.63, 3.8) is 0 Å². The van der Waals surface area contributed by atoms with Crippen LogP contribution in [0, 0.1) is 0 Å². The molecule has 0 spiro atoms. The second kappa shape index (κ2) is 8.73. The lowest BCUT2D eigenvalue weighted by molar-refractivity contribution is -0.123. The largest absolute Gasteiger partial charge is 0.376 e. The zero-order valence-electron chi connectivity index (χ0n) is 15.0. The Kier molecular flexibility index (Phi) is 6.96. The monoisotopic (exact) mass is 322 g/mol. The maximum atomic E-state index is 6.03. The Morgan fingerprint density at radius 3 is 2.65 bits per heavy atom. The first-order valence-electron chi connectivity index (χ1n) is 8.42. The van der Waals surface area contributed by atoms with Crippen LogP contribution in [0.2, 0.25) is 0 Å². The first-order valence-corrected chi connectivity index (χ1v) is 8.42. The van der Waals surface area contributed by atoms with Gasteiger partial charge in [-0.15, -0.1) is 0 Å². The maximum absolute atomic E-state index is 6.03. The predicted octanol–water partition coefficient (Wildman–Crippen LogP) is 2.76. The molecule has 0 N–H and O–H groups in total. The second-order valence-corrected chi connectivity index (χ2v) is 6.71. The highest BCUT2D eigenvalue weighted by atomic mass is 16.6. The molecular formula is C18H30N2O3. The van der Waals surface area contributed by atoms with Crippen LogP contribution in [0.4, 0.5) is 0 Å². The summed E-state index contributed by atoms with van der Waals surface area (Å²) < 4.78 is 17.1. The Labute approximate surface area is 139 Å². The van der Waals surface area contributed by atoms with Gasteiger partial charge in [-0.1, -0.05) is 19.9 Å². The van der Waals surface area contributed by atoms with Gasteiger partial charge in [-0.25, -0.2) is 0 Å². The minimum atomic E-state index is -0.0100. The molecule has 0 unspecified atom stereocenters. The fourth-order valence-electron chi connectivity index (χ4n) is 2.62. The van der Waals surface area contributed by atoms with E-state index in [0.29, 0.717) is 32.3 Å². The van der Waals surface area contributed by atoms with Crippen LogP contribution in [0.3, 0.4) is 0 Å². The fraction of sp³-hybridized carbons (Fsp3) is 0.722. The molecule has 1 saturated heterocycles. The number of rotatable bonds is 7. The minimum Gasteiger partial charge on any atom is -0.376 e. The number of aromatic nitrogens is 1. The van der Waals surface area contributed by atoms with Gasteiger partial charge in [-0.05, 0) is 33.0 Å². The van der Waals surface area contributed by atoms with Crippen LogP contribution in [0.15, 0.2) is 12.1 Å². The summed E-state index contributed by atoms with van der Waals surface area (Å²) in [4.78, 5) is 6.99. The van der Waals surface area contributed by atoms with E-state index in [2.05, 4.69) is 51.9 Å². The molecule has 0 aromatic carbocycles. The molecule has 0 saturated carbocycles. The third kappa shape index (κ3) is 5.53. The predicted molar refractivity (Wildman–Crippen MR) is 90.6 cm³/mol. The third-order valence-corrected chi connectivity index (χ3v) is 3.94. The SMILES string of the molecule is CC(C)c1ccc([C@@H](C)OC[C@@H]2COCCO2)c(CN(C)C)n1. The topological polar surface area (TPSA) is 43.8 Å². The van der Waals surface area contributed by atoms with Crippen LogP contribution in [0.5, 0.6) is 0 Å². The van der Waals surface area contributed by atoms with Crippen LogP contribution < -0.4 is 0 Å². The lowest BCUT2D eigenvalue weighted by Crippen LogP contribution is -2.32. The van der Waals surface area contributed by atoms with Crippen molar-refractivity contribution in [2.75, 3.05) is 40.5 Å². The first kappa shape index (κ1) is 18.3. The zero-order chi connectivity index (χ0) is 16.8. The van der Waals surface area contributed by atoms with E-state index < -0.39 is 0 Å². The quantitative estimate of drug-likeness (QED) is 0.772. The van der Waals surface area contributed by atoms with E-state index in [1.807, 2.05) is 0 Å². The van der Waals surface area contributed by atoms with Crippen molar-refractivity contribution in [3.8, 4) is 0 Å². The van der Waals surface area contributed by atoms with Gasteiger partial charge in [0.25, 0.3) is 0 Å². The molecule has 1 aromatic heterocycles. The van der Waals surface area contributed by atoms with Crippen molar-refractivity contribution in [1.82, 2.24) is 9.88 Å². The number of nitrogens with zero attached hydrogens (tertiary/aromatic N) is 2. The highest BCUT2D eigenvalue weighted by molar-refractivity contribution is 5.26. The summed E-state index contributed by atoms with van der Waals surface area (Å²) in [6.07, 6.45) is 0.0237. The smallest absolute Gasteiger partial charge is 0.104 e.